The Labute approximate surface area is 107 Å². The van der Waals surface area contributed by atoms with Crippen molar-refractivity contribution in [1.29, 1.82) is 0 Å². The highest BCUT2D eigenvalue weighted by atomic mass is 79.9. The molecule has 1 aliphatic heterocycles. The van der Waals surface area contributed by atoms with Crippen LogP contribution in [-0.4, -0.2) is 29.5 Å². The van der Waals surface area contributed by atoms with Gasteiger partial charge in [0.05, 0.1) is 9.40 Å². The normalized spacial score (nSPS) is 19.6. The van der Waals surface area contributed by atoms with Gasteiger partial charge >= 0.3 is 0 Å². The molecule has 1 aliphatic rings. The van der Waals surface area contributed by atoms with Crippen molar-refractivity contribution < 1.29 is 4.92 Å². The van der Waals surface area contributed by atoms with Gasteiger partial charge in [-0.1, -0.05) is 0 Å². The number of anilines is 1. The highest BCUT2D eigenvalue weighted by molar-refractivity contribution is 9.10. The van der Waals surface area contributed by atoms with Gasteiger partial charge in [0, 0.05) is 19.2 Å². The molecule has 1 unspecified atom stereocenters. The molecule has 0 aromatic carbocycles. The number of hydrogen-bond acceptors (Lipinski definition) is 5. The van der Waals surface area contributed by atoms with Gasteiger partial charge in [0.25, 0.3) is 5.69 Å². The highest BCUT2D eigenvalue weighted by Gasteiger charge is 2.24. The summed E-state index contributed by atoms with van der Waals surface area (Å²) >= 11 is 3.33. The van der Waals surface area contributed by atoms with E-state index in [1.807, 2.05) is 0 Å². The number of hydrogen-bond donors (Lipinski definition) is 1. The summed E-state index contributed by atoms with van der Waals surface area (Å²) in [5, 5.41) is 10.6. The van der Waals surface area contributed by atoms with Gasteiger partial charge in [-0.3, -0.25) is 10.1 Å². The van der Waals surface area contributed by atoms with Crippen LogP contribution >= 0.6 is 15.9 Å². The van der Waals surface area contributed by atoms with Gasteiger partial charge in [0.15, 0.2) is 0 Å². The largest absolute Gasteiger partial charge is 0.355 e. The molecule has 0 saturated carbocycles. The Morgan fingerprint density at radius 1 is 1.71 bits per heavy atom. The van der Waals surface area contributed by atoms with E-state index in [-0.39, 0.29) is 5.69 Å². The Bertz CT molecular complexity index is 440. The minimum absolute atomic E-state index is 0.00445. The topological polar surface area (TPSA) is 85.3 Å². The number of rotatable bonds is 3. The van der Waals surface area contributed by atoms with Crippen molar-refractivity contribution in [2.45, 2.75) is 6.42 Å². The molecule has 2 N–H and O–H groups in total. The van der Waals surface area contributed by atoms with Crippen LogP contribution in [0.15, 0.2) is 16.7 Å². The van der Waals surface area contributed by atoms with Gasteiger partial charge in [0.1, 0.15) is 12.0 Å². The molecular weight excluding hydrogens is 288 g/mol. The molecule has 1 fully saturated rings. The molecule has 7 heteroatoms. The lowest BCUT2D eigenvalue weighted by molar-refractivity contribution is -0.385. The minimum Gasteiger partial charge on any atom is -0.355 e. The zero-order valence-electron chi connectivity index (χ0n) is 9.17. The zero-order valence-corrected chi connectivity index (χ0v) is 10.8. The van der Waals surface area contributed by atoms with Gasteiger partial charge in [-0.2, -0.15) is 0 Å². The Morgan fingerprint density at radius 3 is 3.00 bits per heavy atom. The van der Waals surface area contributed by atoms with Crippen molar-refractivity contribution in [2.24, 2.45) is 11.7 Å². The number of pyridine rings is 1. The molecule has 2 heterocycles. The van der Waals surface area contributed by atoms with Crippen LogP contribution in [0.1, 0.15) is 6.42 Å². The standard InChI is InChI=1S/C10H13BrN4O2/c11-9-3-8(15(16)17)5-13-10(9)14-2-1-7(4-12)6-14/h3,5,7H,1-2,4,6,12H2. The third kappa shape index (κ3) is 2.55. The third-order valence-corrected chi connectivity index (χ3v) is 3.52. The fourth-order valence-corrected chi connectivity index (χ4v) is 2.56. The van der Waals surface area contributed by atoms with E-state index in [1.165, 1.54) is 12.3 Å². The Balaban J connectivity index is 2.20. The van der Waals surface area contributed by atoms with E-state index in [4.69, 9.17) is 5.73 Å². The van der Waals surface area contributed by atoms with Crippen molar-refractivity contribution >= 4 is 27.4 Å². The lowest BCUT2D eigenvalue weighted by Gasteiger charge is -2.18. The molecule has 0 radical (unpaired) electrons. The SMILES string of the molecule is NCC1CCN(c2ncc([N+](=O)[O-])cc2Br)C1. The van der Waals surface area contributed by atoms with E-state index in [9.17, 15) is 10.1 Å². The fourth-order valence-electron chi connectivity index (χ4n) is 1.97. The van der Waals surface area contributed by atoms with E-state index >= 15 is 0 Å². The molecule has 1 atom stereocenters. The van der Waals surface area contributed by atoms with Crippen molar-refractivity contribution in [3.63, 3.8) is 0 Å². The van der Waals surface area contributed by atoms with Crippen molar-refractivity contribution in [1.82, 2.24) is 4.98 Å². The predicted molar refractivity (Wildman–Crippen MR) is 68.0 cm³/mol. The van der Waals surface area contributed by atoms with Crippen molar-refractivity contribution in [2.75, 3.05) is 24.5 Å². The maximum Gasteiger partial charge on any atom is 0.288 e. The van der Waals surface area contributed by atoms with Crippen LogP contribution < -0.4 is 10.6 Å². The number of nitrogens with zero attached hydrogens (tertiary/aromatic N) is 3. The lowest BCUT2D eigenvalue weighted by Crippen LogP contribution is -2.23. The summed E-state index contributed by atoms with van der Waals surface area (Å²) < 4.78 is 0.657. The molecule has 92 valence electrons. The first-order valence-electron chi connectivity index (χ1n) is 5.36. The summed E-state index contributed by atoms with van der Waals surface area (Å²) in [6.07, 6.45) is 2.33. The minimum atomic E-state index is -0.450. The number of halogens is 1. The predicted octanol–water partition coefficient (Wildman–Crippen LogP) is 1.54. The molecular formula is C10H13BrN4O2. The lowest BCUT2D eigenvalue weighted by atomic mass is 10.1. The number of aromatic nitrogens is 1. The summed E-state index contributed by atoms with van der Waals surface area (Å²) in [6, 6.07) is 1.48. The molecule has 2 rings (SSSR count). The fraction of sp³-hybridized carbons (Fsp3) is 0.500. The maximum absolute atomic E-state index is 10.6. The van der Waals surface area contributed by atoms with Gasteiger partial charge < -0.3 is 10.6 Å². The third-order valence-electron chi connectivity index (χ3n) is 2.94. The monoisotopic (exact) mass is 300 g/mol. The Morgan fingerprint density at radius 2 is 2.47 bits per heavy atom. The molecule has 6 nitrogen and oxygen atoms in total. The average Bonchev–Trinajstić information content (AvgIpc) is 2.77. The highest BCUT2D eigenvalue weighted by Crippen LogP contribution is 2.30. The van der Waals surface area contributed by atoms with Crippen molar-refractivity contribution in [3.8, 4) is 0 Å². The van der Waals surface area contributed by atoms with E-state index < -0.39 is 4.92 Å². The Hall–Kier alpha value is -1.21. The second-order valence-corrected chi connectivity index (χ2v) is 4.95. The molecule has 1 saturated heterocycles. The van der Waals surface area contributed by atoms with Crippen LogP contribution in [0, 0.1) is 16.0 Å². The van der Waals surface area contributed by atoms with Crippen LogP contribution in [0.5, 0.6) is 0 Å². The first-order valence-corrected chi connectivity index (χ1v) is 6.16. The van der Waals surface area contributed by atoms with Gasteiger partial charge in [-0.05, 0) is 34.8 Å². The summed E-state index contributed by atoms with van der Waals surface area (Å²) in [6.45, 7) is 2.42. The second kappa shape index (κ2) is 4.97. The van der Waals surface area contributed by atoms with Crippen LogP contribution in [0.2, 0.25) is 0 Å². The summed E-state index contributed by atoms with van der Waals surface area (Å²) in [4.78, 5) is 16.4. The summed E-state index contributed by atoms with van der Waals surface area (Å²) in [5.41, 5.74) is 5.62. The molecule has 1 aromatic heterocycles. The molecule has 0 aliphatic carbocycles. The molecule has 0 spiro atoms. The summed E-state index contributed by atoms with van der Waals surface area (Å²) in [5.74, 6) is 1.24. The van der Waals surface area contributed by atoms with E-state index in [0.717, 1.165) is 25.3 Å². The smallest absolute Gasteiger partial charge is 0.288 e. The van der Waals surface area contributed by atoms with E-state index in [0.29, 0.717) is 16.9 Å². The maximum atomic E-state index is 10.6. The van der Waals surface area contributed by atoms with E-state index in [2.05, 4.69) is 25.8 Å². The van der Waals surface area contributed by atoms with Crippen LogP contribution in [0.3, 0.4) is 0 Å². The quantitative estimate of drug-likeness (QED) is 0.676. The Kier molecular flexibility index (Phi) is 3.58. The molecule has 17 heavy (non-hydrogen) atoms. The second-order valence-electron chi connectivity index (χ2n) is 4.09. The van der Waals surface area contributed by atoms with E-state index in [1.54, 1.807) is 0 Å². The number of nitrogens with two attached hydrogens (primary N) is 1. The molecule has 1 aromatic rings. The van der Waals surface area contributed by atoms with Gasteiger partial charge in [0.2, 0.25) is 0 Å². The average molecular weight is 301 g/mol. The van der Waals surface area contributed by atoms with Crippen LogP contribution in [0.4, 0.5) is 11.5 Å². The van der Waals surface area contributed by atoms with Gasteiger partial charge in [-0.25, -0.2) is 4.98 Å². The summed E-state index contributed by atoms with van der Waals surface area (Å²) in [7, 11) is 0. The molecule has 0 amide bonds. The van der Waals surface area contributed by atoms with Crippen LogP contribution in [0.25, 0.3) is 0 Å². The number of nitro groups is 1. The zero-order chi connectivity index (χ0) is 12.4. The van der Waals surface area contributed by atoms with Crippen molar-refractivity contribution in [3.05, 3.63) is 26.9 Å². The van der Waals surface area contributed by atoms with Gasteiger partial charge in [-0.15, -0.1) is 0 Å². The van der Waals surface area contributed by atoms with Crippen LogP contribution in [-0.2, 0) is 0 Å². The molecule has 0 bridgehead atoms. The first-order chi connectivity index (χ1) is 8.11. The first kappa shape index (κ1) is 12.3.